The van der Waals surface area contributed by atoms with Crippen LogP contribution in [0.25, 0.3) is 0 Å². The maximum absolute atomic E-state index is 11.4. The quantitative estimate of drug-likeness (QED) is 0.500. The van der Waals surface area contributed by atoms with Crippen LogP contribution in [0.2, 0.25) is 0 Å². The smallest absolute Gasteiger partial charge is 0.333 e. The van der Waals surface area contributed by atoms with Crippen LogP contribution in [0.3, 0.4) is 0 Å². The van der Waals surface area contributed by atoms with E-state index in [4.69, 9.17) is 4.74 Å². The third kappa shape index (κ3) is 5.05. The Kier molecular flexibility index (Phi) is 4.89. The number of carbonyl (C=O) groups is 1. The Morgan fingerprint density at radius 1 is 1.43 bits per heavy atom. The van der Waals surface area contributed by atoms with Crippen LogP contribution in [0, 0.1) is 5.92 Å². The van der Waals surface area contributed by atoms with Crippen molar-refractivity contribution in [1.29, 1.82) is 0 Å². The molecular formula is C12H22O2. The summed E-state index contributed by atoms with van der Waals surface area (Å²) >= 11 is 0. The molecule has 0 N–H and O–H groups in total. The van der Waals surface area contributed by atoms with Crippen LogP contribution in [-0.2, 0) is 9.53 Å². The lowest BCUT2D eigenvalue weighted by Gasteiger charge is -2.27. The minimum absolute atomic E-state index is 0.266. The van der Waals surface area contributed by atoms with Crippen molar-refractivity contribution in [2.45, 2.75) is 53.1 Å². The molecule has 0 atom stereocenters. The highest BCUT2D eigenvalue weighted by Crippen LogP contribution is 2.21. The molecule has 2 heteroatoms. The average molecular weight is 198 g/mol. The summed E-state index contributed by atoms with van der Waals surface area (Å²) < 4.78 is 5.36. The van der Waals surface area contributed by atoms with Crippen molar-refractivity contribution in [2.24, 2.45) is 5.92 Å². The van der Waals surface area contributed by atoms with Gasteiger partial charge in [-0.15, -0.1) is 0 Å². The lowest BCUT2D eigenvalue weighted by atomic mass is 9.96. The standard InChI is InChI=1S/C12H22O2/c1-7-10(4)11(13)14-12(5,6)8-9(2)3/h9H,4,7-8H2,1-3,5-6H3. The maximum Gasteiger partial charge on any atom is 0.333 e. The molecule has 0 spiro atoms. The highest BCUT2D eigenvalue weighted by Gasteiger charge is 2.24. The van der Waals surface area contributed by atoms with Crippen LogP contribution in [0.1, 0.15) is 47.5 Å². The van der Waals surface area contributed by atoms with Crippen molar-refractivity contribution >= 4 is 5.97 Å². The van der Waals surface area contributed by atoms with Crippen LogP contribution >= 0.6 is 0 Å². The molecule has 0 rings (SSSR count). The van der Waals surface area contributed by atoms with Gasteiger partial charge in [-0.05, 0) is 32.6 Å². The first kappa shape index (κ1) is 13.2. The van der Waals surface area contributed by atoms with Gasteiger partial charge in [0.25, 0.3) is 0 Å². The van der Waals surface area contributed by atoms with E-state index in [1.807, 2.05) is 20.8 Å². The van der Waals surface area contributed by atoms with Gasteiger partial charge in [0.15, 0.2) is 0 Å². The van der Waals surface area contributed by atoms with E-state index in [0.717, 1.165) is 6.42 Å². The zero-order chi connectivity index (χ0) is 11.4. The molecular weight excluding hydrogens is 176 g/mol. The Morgan fingerprint density at radius 2 is 1.93 bits per heavy atom. The fourth-order valence-electron chi connectivity index (χ4n) is 1.49. The molecule has 0 radical (unpaired) electrons. The van der Waals surface area contributed by atoms with Gasteiger partial charge in [-0.1, -0.05) is 27.4 Å². The summed E-state index contributed by atoms with van der Waals surface area (Å²) in [4.78, 5) is 11.4. The lowest BCUT2D eigenvalue weighted by molar-refractivity contribution is -0.152. The van der Waals surface area contributed by atoms with Gasteiger partial charge < -0.3 is 4.74 Å². The summed E-state index contributed by atoms with van der Waals surface area (Å²) in [6, 6.07) is 0. The number of hydrogen-bond acceptors (Lipinski definition) is 2. The number of ether oxygens (including phenoxy) is 1. The largest absolute Gasteiger partial charge is 0.456 e. The predicted octanol–water partition coefficient (Wildman–Crippen LogP) is 3.32. The number of rotatable bonds is 5. The second-order valence-corrected chi connectivity index (χ2v) is 4.70. The van der Waals surface area contributed by atoms with Gasteiger partial charge in [0.2, 0.25) is 0 Å². The number of hydrogen-bond donors (Lipinski definition) is 0. The maximum atomic E-state index is 11.4. The molecule has 0 aromatic rings. The Bertz CT molecular complexity index is 214. The molecule has 0 fully saturated rings. The molecule has 0 unspecified atom stereocenters. The van der Waals surface area contributed by atoms with E-state index in [1.54, 1.807) is 0 Å². The van der Waals surface area contributed by atoms with E-state index >= 15 is 0 Å². The lowest BCUT2D eigenvalue weighted by Crippen LogP contribution is -2.30. The Labute approximate surface area is 87.3 Å². The minimum atomic E-state index is -0.386. The number of esters is 1. The summed E-state index contributed by atoms with van der Waals surface area (Å²) in [5.41, 5.74) is 0.158. The first-order valence-electron chi connectivity index (χ1n) is 5.19. The van der Waals surface area contributed by atoms with Gasteiger partial charge in [0.05, 0.1) is 0 Å². The van der Waals surface area contributed by atoms with Gasteiger partial charge >= 0.3 is 5.97 Å². The molecule has 0 aromatic carbocycles. The molecule has 2 nitrogen and oxygen atoms in total. The van der Waals surface area contributed by atoms with Crippen molar-refractivity contribution in [3.05, 3.63) is 12.2 Å². The second kappa shape index (κ2) is 5.18. The van der Waals surface area contributed by atoms with Crippen LogP contribution in [0.5, 0.6) is 0 Å². The first-order chi connectivity index (χ1) is 6.28. The normalized spacial score (nSPS) is 11.6. The molecule has 0 aliphatic rings. The molecule has 82 valence electrons. The molecule has 0 bridgehead atoms. The highest BCUT2D eigenvalue weighted by atomic mass is 16.6. The van der Waals surface area contributed by atoms with E-state index in [9.17, 15) is 4.79 Å². The topological polar surface area (TPSA) is 26.3 Å². The van der Waals surface area contributed by atoms with Gasteiger partial charge in [-0.2, -0.15) is 0 Å². The van der Waals surface area contributed by atoms with Crippen LogP contribution in [0.15, 0.2) is 12.2 Å². The SMILES string of the molecule is C=C(CC)C(=O)OC(C)(C)CC(C)C. The zero-order valence-electron chi connectivity index (χ0n) is 10.0. The van der Waals surface area contributed by atoms with Gasteiger partial charge in [0.1, 0.15) is 5.60 Å². The van der Waals surface area contributed by atoms with Crippen LogP contribution < -0.4 is 0 Å². The minimum Gasteiger partial charge on any atom is -0.456 e. The van der Waals surface area contributed by atoms with E-state index in [0.29, 0.717) is 17.9 Å². The summed E-state index contributed by atoms with van der Waals surface area (Å²) in [5.74, 6) is 0.255. The summed E-state index contributed by atoms with van der Waals surface area (Å²) in [7, 11) is 0. The highest BCUT2D eigenvalue weighted by molar-refractivity contribution is 5.87. The third-order valence-corrected chi connectivity index (χ3v) is 1.98. The molecule has 14 heavy (non-hydrogen) atoms. The molecule has 0 saturated carbocycles. The van der Waals surface area contributed by atoms with E-state index in [-0.39, 0.29) is 11.6 Å². The van der Waals surface area contributed by atoms with Gasteiger partial charge in [0, 0.05) is 5.57 Å². The molecule has 0 saturated heterocycles. The number of carbonyl (C=O) groups excluding carboxylic acids is 1. The Morgan fingerprint density at radius 3 is 2.29 bits per heavy atom. The fourth-order valence-corrected chi connectivity index (χ4v) is 1.49. The first-order valence-corrected chi connectivity index (χ1v) is 5.19. The Hall–Kier alpha value is -0.790. The van der Waals surface area contributed by atoms with E-state index in [1.165, 1.54) is 0 Å². The molecule has 0 aliphatic carbocycles. The van der Waals surface area contributed by atoms with Crippen LogP contribution in [-0.4, -0.2) is 11.6 Å². The van der Waals surface area contributed by atoms with Crippen molar-refractivity contribution < 1.29 is 9.53 Å². The summed E-state index contributed by atoms with van der Waals surface area (Å²) in [6.45, 7) is 13.7. The van der Waals surface area contributed by atoms with E-state index in [2.05, 4.69) is 20.4 Å². The van der Waals surface area contributed by atoms with Crippen molar-refractivity contribution in [3.63, 3.8) is 0 Å². The molecule has 0 aliphatic heterocycles. The van der Waals surface area contributed by atoms with Gasteiger partial charge in [-0.3, -0.25) is 0 Å². The molecule has 0 heterocycles. The molecule has 0 amide bonds. The van der Waals surface area contributed by atoms with Gasteiger partial charge in [-0.25, -0.2) is 4.79 Å². The zero-order valence-corrected chi connectivity index (χ0v) is 10.0. The molecule has 0 aromatic heterocycles. The summed E-state index contributed by atoms with van der Waals surface area (Å²) in [5, 5.41) is 0. The van der Waals surface area contributed by atoms with Crippen molar-refractivity contribution in [3.8, 4) is 0 Å². The third-order valence-electron chi connectivity index (χ3n) is 1.98. The fraction of sp³-hybridized carbons (Fsp3) is 0.750. The predicted molar refractivity (Wildman–Crippen MR) is 59.1 cm³/mol. The Balaban J connectivity index is 4.21. The van der Waals surface area contributed by atoms with Crippen LogP contribution in [0.4, 0.5) is 0 Å². The summed E-state index contributed by atoms with van der Waals surface area (Å²) in [6.07, 6.45) is 1.52. The average Bonchev–Trinajstić information content (AvgIpc) is 1.99. The monoisotopic (exact) mass is 198 g/mol. The second-order valence-electron chi connectivity index (χ2n) is 4.70. The van der Waals surface area contributed by atoms with E-state index < -0.39 is 0 Å². The van der Waals surface area contributed by atoms with Crippen molar-refractivity contribution in [2.75, 3.05) is 0 Å². The van der Waals surface area contributed by atoms with Crippen molar-refractivity contribution in [1.82, 2.24) is 0 Å².